The van der Waals surface area contributed by atoms with E-state index >= 15 is 0 Å². The van der Waals surface area contributed by atoms with Crippen LogP contribution in [0.1, 0.15) is 0 Å². The van der Waals surface area contributed by atoms with Crippen molar-refractivity contribution in [2.75, 3.05) is 25.4 Å². The molecule has 0 heterocycles. The van der Waals surface area contributed by atoms with Gasteiger partial charge in [0.05, 0.1) is 22.2 Å². The molecular weight excluding hydrogens is 276 g/mol. The van der Waals surface area contributed by atoms with Gasteiger partial charge in [-0.05, 0) is 18.2 Å². The fourth-order valence-corrected chi connectivity index (χ4v) is 2.95. The molecule has 0 aliphatic rings. The molecule has 0 atom stereocenters. The third kappa shape index (κ3) is 3.23. The van der Waals surface area contributed by atoms with Crippen molar-refractivity contribution >= 4 is 27.3 Å². The number of sulfonamides is 1. The van der Waals surface area contributed by atoms with Crippen LogP contribution in [-0.4, -0.2) is 37.5 Å². The number of hydrogen-bond acceptors (Lipinski definition) is 4. The van der Waals surface area contributed by atoms with E-state index in [0.717, 1.165) is 4.31 Å². The van der Waals surface area contributed by atoms with E-state index in [1.54, 1.807) is 0 Å². The zero-order chi connectivity index (χ0) is 13.8. The monoisotopic (exact) mass is 290 g/mol. The summed E-state index contributed by atoms with van der Waals surface area (Å²) in [5, 5.41) is 9.18. The number of nitrogens with two attached hydrogens (primary N) is 1. The number of rotatable bonds is 6. The van der Waals surface area contributed by atoms with Gasteiger partial charge in [-0.3, -0.25) is 0 Å². The van der Waals surface area contributed by atoms with Crippen molar-refractivity contribution in [3.63, 3.8) is 0 Å². The Hall–Kier alpha value is -1.08. The fraction of sp³-hybridized carbons (Fsp3) is 0.273. The summed E-state index contributed by atoms with van der Waals surface area (Å²) in [4.78, 5) is 0.0414. The van der Waals surface area contributed by atoms with Gasteiger partial charge in [-0.1, -0.05) is 17.7 Å². The van der Waals surface area contributed by atoms with Crippen LogP contribution in [0.15, 0.2) is 35.7 Å². The van der Waals surface area contributed by atoms with E-state index in [-0.39, 0.29) is 30.3 Å². The van der Waals surface area contributed by atoms with Gasteiger partial charge in [0.1, 0.15) is 0 Å². The highest BCUT2D eigenvalue weighted by atomic mass is 35.5. The number of halogens is 1. The molecule has 100 valence electrons. The molecule has 0 aromatic heterocycles. The Kier molecular flexibility index (Phi) is 5.15. The van der Waals surface area contributed by atoms with E-state index in [0.29, 0.717) is 5.02 Å². The second kappa shape index (κ2) is 6.19. The van der Waals surface area contributed by atoms with Crippen molar-refractivity contribution in [3.05, 3.63) is 35.9 Å². The van der Waals surface area contributed by atoms with Gasteiger partial charge in [0.15, 0.2) is 0 Å². The smallest absolute Gasteiger partial charge is 0.243 e. The van der Waals surface area contributed by atoms with Crippen molar-refractivity contribution in [2.45, 2.75) is 4.90 Å². The fourth-order valence-electron chi connectivity index (χ4n) is 1.40. The summed E-state index contributed by atoms with van der Waals surface area (Å²) in [5.41, 5.74) is 5.78. The zero-order valence-corrected chi connectivity index (χ0v) is 11.3. The number of benzene rings is 1. The molecule has 1 aromatic carbocycles. The Labute approximate surface area is 112 Å². The van der Waals surface area contributed by atoms with Gasteiger partial charge in [0.2, 0.25) is 10.0 Å². The van der Waals surface area contributed by atoms with E-state index in [2.05, 4.69) is 6.58 Å². The molecule has 5 nitrogen and oxygen atoms in total. The van der Waals surface area contributed by atoms with Gasteiger partial charge in [-0.15, -0.1) is 6.58 Å². The van der Waals surface area contributed by atoms with Crippen molar-refractivity contribution in [2.24, 2.45) is 0 Å². The van der Waals surface area contributed by atoms with Crippen LogP contribution in [-0.2, 0) is 10.0 Å². The molecule has 0 radical (unpaired) electrons. The number of hydrogen-bond donors (Lipinski definition) is 2. The summed E-state index contributed by atoms with van der Waals surface area (Å²) in [7, 11) is -3.70. The van der Waals surface area contributed by atoms with Crippen molar-refractivity contribution in [3.8, 4) is 0 Å². The summed E-state index contributed by atoms with van der Waals surface area (Å²) in [6.45, 7) is 3.33. The van der Waals surface area contributed by atoms with Gasteiger partial charge in [0, 0.05) is 13.1 Å². The lowest BCUT2D eigenvalue weighted by Gasteiger charge is -2.19. The van der Waals surface area contributed by atoms with Gasteiger partial charge in [-0.25, -0.2) is 8.42 Å². The van der Waals surface area contributed by atoms with Crippen LogP contribution in [0.3, 0.4) is 0 Å². The molecule has 0 amide bonds. The zero-order valence-electron chi connectivity index (χ0n) is 9.71. The van der Waals surface area contributed by atoms with E-state index in [4.69, 9.17) is 22.4 Å². The number of nitrogens with zero attached hydrogens (tertiary/aromatic N) is 1. The van der Waals surface area contributed by atoms with Gasteiger partial charge >= 0.3 is 0 Å². The highest BCUT2D eigenvalue weighted by molar-refractivity contribution is 7.89. The van der Waals surface area contributed by atoms with E-state index < -0.39 is 10.0 Å². The number of aliphatic hydroxyl groups excluding tert-OH is 1. The highest BCUT2D eigenvalue weighted by Gasteiger charge is 2.23. The quantitative estimate of drug-likeness (QED) is 0.607. The molecule has 0 unspecified atom stereocenters. The first-order chi connectivity index (χ1) is 8.43. The minimum atomic E-state index is -3.70. The van der Waals surface area contributed by atoms with Gasteiger partial charge < -0.3 is 10.8 Å². The first-order valence-electron chi connectivity index (χ1n) is 5.20. The molecular formula is C11H15ClN2O3S. The Morgan fingerprint density at radius 1 is 1.50 bits per heavy atom. The van der Waals surface area contributed by atoms with Gasteiger partial charge in [-0.2, -0.15) is 4.31 Å². The summed E-state index contributed by atoms with van der Waals surface area (Å²) in [6, 6.07) is 4.10. The number of anilines is 1. The molecule has 0 bridgehead atoms. The van der Waals surface area contributed by atoms with Crippen LogP contribution in [0.4, 0.5) is 5.69 Å². The maximum absolute atomic E-state index is 12.2. The van der Waals surface area contributed by atoms with Crippen LogP contribution < -0.4 is 5.73 Å². The van der Waals surface area contributed by atoms with E-state index in [9.17, 15) is 8.42 Å². The Morgan fingerprint density at radius 3 is 2.67 bits per heavy atom. The van der Waals surface area contributed by atoms with Crippen LogP contribution in [0.25, 0.3) is 0 Å². The molecule has 1 rings (SSSR count). The Morgan fingerprint density at radius 2 is 2.17 bits per heavy atom. The summed E-state index contributed by atoms with van der Waals surface area (Å²) >= 11 is 5.74. The lowest BCUT2D eigenvalue weighted by molar-refractivity contribution is 0.260. The lowest BCUT2D eigenvalue weighted by atomic mass is 10.3. The highest BCUT2D eigenvalue weighted by Crippen LogP contribution is 2.24. The lowest BCUT2D eigenvalue weighted by Crippen LogP contribution is -2.33. The standard InChI is InChI=1S/C11H15ClN2O3S/c1-2-5-14(6-7-15)18(16,17)9-3-4-10(12)11(13)8-9/h2-4,8,15H,1,5-7,13H2. The summed E-state index contributed by atoms with van der Waals surface area (Å²) in [5.74, 6) is 0. The van der Waals surface area contributed by atoms with Crippen LogP contribution in [0, 0.1) is 0 Å². The SMILES string of the molecule is C=CCN(CCO)S(=O)(=O)c1ccc(Cl)c(N)c1. The second-order valence-corrected chi connectivity index (χ2v) is 5.90. The van der Waals surface area contributed by atoms with Crippen LogP contribution in [0.2, 0.25) is 5.02 Å². The minimum absolute atomic E-state index is 0.00309. The summed E-state index contributed by atoms with van der Waals surface area (Å²) in [6.07, 6.45) is 1.45. The largest absolute Gasteiger partial charge is 0.397 e. The molecule has 3 N–H and O–H groups in total. The molecule has 0 saturated heterocycles. The maximum atomic E-state index is 12.2. The first-order valence-corrected chi connectivity index (χ1v) is 7.02. The van der Waals surface area contributed by atoms with Crippen molar-refractivity contribution < 1.29 is 13.5 Å². The molecule has 1 aromatic rings. The predicted molar refractivity (Wildman–Crippen MR) is 71.9 cm³/mol. The van der Waals surface area contributed by atoms with Gasteiger partial charge in [0.25, 0.3) is 0 Å². The summed E-state index contributed by atoms with van der Waals surface area (Å²) < 4.78 is 25.6. The Bertz CT molecular complexity index is 531. The molecule has 0 saturated carbocycles. The van der Waals surface area contributed by atoms with Crippen LogP contribution >= 0.6 is 11.6 Å². The molecule has 0 aliphatic heterocycles. The first kappa shape index (κ1) is 15.0. The van der Waals surface area contributed by atoms with E-state index in [1.807, 2.05) is 0 Å². The third-order valence-corrected chi connectivity index (χ3v) is 4.49. The number of aliphatic hydroxyl groups is 1. The average molecular weight is 291 g/mol. The van der Waals surface area contributed by atoms with Crippen LogP contribution in [0.5, 0.6) is 0 Å². The molecule has 0 spiro atoms. The molecule has 7 heteroatoms. The molecule has 0 fully saturated rings. The average Bonchev–Trinajstić information content (AvgIpc) is 2.32. The topological polar surface area (TPSA) is 83.6 Å². The Balaban J connectivity index is 3.17. The second-order valence-electron chi connectivity index (χ2n) is 3.56. The van der Waals surface area contributed by atoms with Crippen molar-refractivity contribution in [1.82, 2.24) is 4.31 Å². The molecule has 0 aliphatic carbocycles. The predicted octanol–water partition coefficient (Wildman–Crippen LogP) is 1.09. The number of nitrogen functional groups attached to an aromatic ring is 1. The van der Waals surface area contributed by atoms with E-state index in [1.165, 1.54) is 24.3 Å². The molecule has 18 heavy (non-hydrogen) atoms. The maximum Gasteiger partial charge on any atom is 0.243 e. The normalized spacial score (nSPS) is 11.7. The van der Waals surface area contributed by atoms with Crippen molar-refractivity contribution in [1.29, 1.82) is 0 Å². The third-order valence-electron chi connectivity index (χ3n) is 2.29. The minimum Gasteiger partial charge on any atom is -0.397 e.